The number of hydrogen-bond donors (Lipinski definition) is 1. The average Bonchev–Trinajstić information content (AvgIpc) is 2.76. The SMILES string of the molecule is O=C(O)c1cc2c(s1)C1CCC2C1. The molecule has 1 heterocycles. The Bertz CT molecular complexity index is 353. The highest BCUT2D eigenvalue weighted by molar-refractivity contribution is 7.14. The first-order chi connectivity index (χ1) is 6.25. The first-order valence-corrected chi connectivity index (χ1v) is 5.44. The fraction of sp³-hybridized carbons (Fsp3) is 0.500. The van der Waals surface area contributed by atoms with Gasteiger partial charge in [-0.3, -0.25) is 0 Å². The molecule has 68 valence electrons. The van der Waals surface area contributed by atoms with E-state index in [1.165, 1.54) is 41.0 Å². The van der Waals surface area contributed by atoms with Crippen LogP contribution < -0.4 is 0 Å². The molecule has 2 bridgehead atoms. The van der Waals surface area contributed by atoms with Crippen molar-refractivity contribution >= 4 is 17.3 Å². The first kappa shape index (κ1) is 7.56. The van der Waals surface area contributed by atoms with Crippen molar-refractivity contribution in [1.82, 2.24) is 0 Å². The van der Waals surface area contributed by atoms with Gasteiger partial charge in [0.25, 0.3) is 0 Å². The van der Waals surface area contributed by atoms with E-state index in [0.29, 0.717) is 16.7 Å². The van der Waals surface area contributed by atoms with E-state index in [1.54, 1.807) is 0 Å². The predicted octanol–water partition coefficient (Wildman–Crippen LogP) is 2.81. The molecule has 1 N–H and O–H groups in total. The standard InChI is InChI=1S/C10H10O2S/c11-10(12)8-4-7-5-1-2-6(3-5)9(7)13-8/h4-6H,1-3H2,(H,11,12). The molecule has 0 aromatic carbocycles. The topological polar surface area (TPSA) is 37.3 Å². The molecule has 0 saturated heterocycles. The van der Waals surface area contributed by atoms with Crippen molar-refractivity contribution in [1.29, 1.82) is 0 Å². The Hall–Kier alpha value is -0.830. The number of rotatable bonds is 1. The van der Waals surface area contributed by atoms with Crippen LogP contribution >= 0.6 is 11.3 Å². The summed E-state index contributed by atoms with van der Waals surface area (Å²) in [7, 11) is 0. The Labute approximate surface area is 80.2 Å². The van der Waals surface area contributed by atoms with Crippen molar-refractivity contribution in [2.75, 3.05) is 0 Å². The largest absolute Gasteiger partial charge is 0.477 e. The predicted molar refractivity (Wildman–Crippen MR) is 50.6 cm³/mol. The summed E-state index contributed by atoms with van der Waals surface area (Å²) in [5, 5.41) is 8.85. The van der Waals surface area contributed by atoms with Crippen LogP contribution in [-0.2, 0) is 0 Å². The summed E-state index contributed by atoms with van der Waals surface area (Å²) in [6.07, 6.45) is 3.83. The van der Waals surface area contributed by atoms with Gasteiger partial charge in [-0.1, -0.05) is 0 Å². The van der Waals surface area contributed by atoms with Gasteiger partial charge in [-0.2, -0.15) is 0 Å². The van der Waals surface area contributed by atoms with Gasteiger partial charge in [-0.25, -0.2) is 4.79 Å². The molecular weight excluding hydrogens is 184 g/mol. The minimum Gasteiger partial charge on any atom is -0.477 e. The van der Waals surface area contributed by atoms with Gasteiger partial charge in [-0.05, 0) is 42.7 Å². The van der Waals surface area contributed by atoms with E-state index >= 15 is 0 Å². The Morgan fingerprint density at radius 1 is 1.46 bits per heavy atom. The van der Waals surface area contributed by atoms with Crippen LogP contribution in [0.15, 0.2) is 6.07 Å². The summed E-state index contributed by atoms with van der Waals surface area (Å²) in [5.74, 6) is 0.612. The highest BCUT2D eigenvalue weighted by Gasteiger charge is 2.39. The summed E-state index contributed by atoms with van der Waals surface area (Å²) >= 11 is 1.49. The molecule has 2 aliphatic carbocycles. The van der Waals surface area contributed by atoms with Crippen LogP contribution in [0.2, 0.25) is 0 Å². The van der Waals surface area contributed by atoms with Gasteiger partial charge in [0, 0.05) is 4.88 Å². The second-order valence-electron chi connectivity index (χ2n) is 3.94. The van der Waals surface area contributed by atoms with Crippen molar-refractivity contribution in [3.63, 3.8) is 0 Å². The molecule has 1 saturated carbocycles. The molecule has 2 aliphatic rings. The molecule has 1 fully saturated rings. The monoisotopic (exact) mass is 194 g/mol. The van der Waals surface area contributed by atoms with Gasteiger partial charge >= 0.3 is 5.97 Å². The first-order valence-electron chi connectivity index (χ1n) is 4.62. The Morgan fingerprint density at radius 3 is 2.92 bits per heavy atom. The highest BCUT2D eigenvalue weighted by atomic mass is 32.1. The van der Waals surface area contributed by atoms with E-state index in [0.717, 1.165) is 0 Å². The lowest BCUT2D eigenvalue weighted by Gasteiger charge is -2.07. The van der Waals surface area contributed by atoms with Crippen LogP contribution in [0.5, 0.6) is 0 Å². The molecule has 0 radical (unpaired) electrons. The van der Waals surface area contributed by atoms with Gasteiger partial charge in [0.2, 0.25) is 0 Å². The maximum absolute atomic E-state index is 10.8. The lowest BCUT2D eigenvalue weighted by Crippen LogP contribution is -1.92. The number of fused-ring (bicyclic) bond motifs is 5. The summed E-state index contributed by atoms with van der Waals surface area (Å²) in [4.78, 5) is 12.6. The third-order valence-electron chi connectivity index (χ3n) is 3.25. The van der Waals surface area contributed by atoms with Gasteiger partial charge in [0.1, 0.15) is 4.88 Å². The molecule has 3 heteroatoms. The molecule has 0 aliphatic heterocycles. The molecule has 2 unspecified atom stereocenters. The van der Waals surface area contributed by atoms with Crippen molar-refractivity contribution in [2.45, 2.75) is 31.1 Å². The van der Waals surface area contributed by atoms with Crippen LogP contribution in [0, 0.1) is 0 Å². The smallest absolute Gasteiger partial charge is 0.345 e. The van der Waals surface area contributed by atoms with Crippen molar-refractivity contribution < 1.29 is 9.90 Å². The normalized spacial score (nSPS) is 29.2. The molecule has 2 nitrogen and oxygen atoms in total. The molecule has 1 aromatic rings. The summed E-state index contributed by atoms with van der Waals surface area (Å²) < 4.78 is 0. The average molecular weight is 194 g/mol. The van der Waals surface area contributed by atoms with Crippen LogP contribution in [0.1, 0.15) is 51.2 Å². The number of thiophene rings is 1. The van der Waals surface area contributed by atoms with E-state index in [1.807, 2.05) is 6.07 Å². The Balaban J connectivity index is 2.11. The second-order valence-corrected chi connectivity index (χ2v) is 5.03. The third-order valence-corrected chi connectivity index (χ3v) is 4.55. The molecule has 1 aromatic heterocycles. The fourth-order valence-corrected chi connectivity index (χ4v) is 3.90. The maximum Gasteiger partial charge on any atom is 0.345 e. The summed E-state index contributed by atoms with van der Waals surface area (Å²) in [5.41, 5.74) is 1.35. The number of aromatic carboxylic acids is 1. The zero-order chi connectivity index (χ0) is 9.00. The summed E-state index contributed by atoms with van der Waals surface area (Å²) in [6, 6.07) is 1.90. The highest BCUT2D eigenvalue weighted by Crippen LogP contribution is 2.55. The molecule has 0 spiro atoms. The Morgan fingerprint density at radius 2 is 2.23 bits per heavy atom. The van der Waals surface area contributed by atoms with Crippen LogP contribution in [0.25, 0.3) is 0 Å². The molecule has 3 rings (SSSR count). The minimum absolute atomic E-state index is 0.529. The second kappa shape index (κ2) is 2.35. The molecular formula is C10H10O2S. The number of hydrogen-bond acceptors (Lipinski definition) is 2. The zero-order valence-corrected chi connectivity index (χ0v) is 7.93. The number of carboxylic acids is 1. The quantitative estimate of drug-likeness (QED) is 0.746. The van der Waals surface area contributed by atoms with Gasteiger partial charge < -0.3 is 5.11 Å². The lowest BCUT2D eigenvalue weighted by molar-refractivity contribution is 0.0702. The number of carbonyl (C=O) groups is 1. The van der Waals surface area contributed by atoms with E-state index in [4.69, 9.17) is 5.11 Å². The van der Waals surface area contributed by atoms with Gasteiger partial charge in [-0.15, -0.1) is 11.3 Å². The lowest BCUT2D eigenvalue weighted by atomic mass is 9.99. The number of carboxylic acid groups (broad SMARTS) is 1. The van der Waals surface area contributed by atoms with Crippen molar-refractivity contribution in [3.8, 4) is 0 Å². The van der Waals surface area contributed by atoms with Crippen molar-refractivity contribution in [2.24, 2.45) is 0 Å². The van der Waals surface area contributed by atoms with Crippen molar-refractivity contribution in [3.05, 3.63) is 21.4 Å². The Kier molecular flexibility index (Phi) is 1.37. The van der Waals surface area contributed by atoms with E-state index in [2.05, 4.69) is 0 Å². The zero-order valence-electron chi connectivity index (χ0n) is 7.12. The van der Waals surface area contributed by atoms with E-state index in [-0.39, 0.29) is 0 Å². The van der Waals surface area contributed by atoms with E-state index < -0.39 is 5.97 Å². The van der Waals surface area contributed by atoms with Crippen LogP contribution in [0.3, 0.4) is 0 Å². The van der Waals surface area contributed by atoms with Gasteiger partial charge in [0.15, 0.2) is 0 Å². The molecule has 2 atom stereocenters. The van der Waals surface area contributed by atoms with Gasteiger partial charge in [0.05, 0.1) is 0 Å². The third kappa shape index (κ3) is 0.908. The molecule has 0 amide bonds. The van der Waals surface area contributed by atoms with Crippen LogP contribution in [-0.4, -0.2) is 11.1 Å². The fourth-order valence-electron chi connectivity index (χ4n) is 2.66. The maximum atomic E-state index is 10.8. The molecule has 13 heavy (non-hydrogen) atoms. The van der Waals surface area contributed by atoms with E-state index in [9.17, 15) is 4.79 Å². The minimum atomic E-state index is -0.765. The van der Waals surface area contributed by atoms with Crippen LogP contribution in [0.4, 0.5) is 0 Å². The summed E-state index contributed by atoms with van der Waals surface area (Å²) in [6.45, 7) is 0.